The fraction of sp³-hybridized carbons (Fsp3) is 0.294. The molecule has 1 unspecified atom stereocenters. The molecule has 20 heavy (non-hydrogen) atoms. The Hall–Kier alpha value is -1.02. The van der Waals surface area contributed by atoms with E-state index in [0.29, 0.717) is 5.92 Å². The fourth-order valence-corrected chi connectivity index (χ4v) is 2.85. The Morgan fingerprint density at radius 3 is 2.25 bits per heavy atom. The van der Waals surface area contributed by atoms with Crippen molar-refractivity contribution in [3.8, 4) is 0 Å². The summed E-state index contributed by atoms with van der Waals surface area (Å²) in [5, 5.41) is 5.05. The van der Waals surface area contributed by atoms with E-state index in [1.165, 1.54) is 5.56 Å². The van der Waals surface area contributed by atoms with Crippen molar-refractivity contribution in [1.29, 1.82) is 0 Å². The van der Waals surface area contributed by atoms with Gasteiger partial charge in [-0.05, 0) is 36.2 Å². The van der Waals surface area contributed by atoms with Crippen LogP contribution in [0.2, 0.25) is 10.0 Å². The smallest absolute Gasteiger partial charge is 0.0441 e. The second-order valence-electron chi connectivity index (χ2n) is 4.82. The number of nitrogens with one attached hydrogen (secondary N) is 1. The van der Waals surface area contributed by atoms with Gasteiger partial charge in [-0.3, -0.25) is 0 Å². The van der Waals surface area contributed by atoms with Gasteiger partial charge in [-0.25, -0.2) is 0 Å². The highest BCUT2D eigenvalue weighted by Crippen LogP contribution is 2.29. The van der Waals surface area contributed by atoms with Crippen LogP contribution < -0.4 is 5.32 Å². The molecule has 0 spiro atoms. The van der Waals surface area contributed by atoms with Gasteiger partial charge in [0.15, 0.2) is 0 Å². The van der Waals surface area contributed by atoms with Crippen LogP contribution in [0.25, 0.3) is 0 Å². The van der Waals surface area contributed by atoms with Gasteiger partial charge in [0.2, 0.25) is 0 Å². The summed E-state index contributed by atoms with van der Waals surface area (Å²) in [6.07, 6.45) is 0.885. The maximum atomic E-state index is 6.34. The van der Waals surface area contributed by atoms with E-state index in [0.717, 1.165) is 35.1 Å². The number of benzene rings is 2. The molecule has 0 fully saturated rings. The van der Waals surface area contributed by atoms with Crippen LogP contribution in [0.15, 0.2) is 48.5 Å². The molecule has 1 N–H and O–H groups in total. The van der Waals surface area contributed by atoms with Gasteiger partial charge in [0.25, 0.3) is 0 Å². The predicted molar refractivity (Wildman–Crippen MR) is 87.9 cm³/mol. The van der Waals surface area contributed by atoms with Gasteiger partial charge in [0.05, 0.1) is 0 Å². The molecule has 2 aromatic rings. The van der Waals surface area contributed by atoms with Crippen LogP contribution in [0, 0.1) is 0 Å². The molecule has 3 heteroatoms. The normalized spacial score (nSPS) is 12.3. The minimum Gasteiger partial charge on any atom is -0.316 e. The van der Waals surface area contributed by atoms with Gasteiger partial charge in [0.1, 0.15) is 0 Å². The van der Waals surface area contributed by atoms with Gasteiger partial charge in [0, 0.05) is 22.5 Å². The Morgan fingerprint density at radius 1 is 0.950 bits per heavy atom. The lowest BCUT2D eigenvalue weighted by molar-refractivity contribution is 0.595. The molecule has 0 aliphatic heterocycles. The molecule has 0 radical (unpaired) electrons. The molecule has 0 saturated carbocycles. The van der Waals surface area contributed by atoms with Crippen molar-refractivity contribution in [2.45, 2.75) is 19.3 Å². The molecule has 1 nitrogen and oxygen atoms in total. The van der Waals surface area contributed by atoms with Crippen molar-refractivity contribution in [3.05, 3.63) is 69.7 Å². The van der Waals surface area contributed by atoms with E-state index in [-0.39, 0.29) is 0 Å². The molecule has 0 saturated heterocycles. The van der Waals surface area contributed by atoms with Crippen LogP contribution in [0.3, 0.4) is 0 Å². The second kappa shape index (κ2) is 7.68. The third kappa shape index (κ3) is 3.99. The Labute approximate surface area is 130 Å². The van der Waals surface area contributed by atoms with Crippen LogP contribution in [0.5, 0.6) is 0 Å². The molecule has 0 aromatic heterocycles. The minimum atomic E-state index is 0.323. The lowest BCUT2D eigenvalue weighted by atomic mass is 9.91. The van der Waals surface area contributed by atoms with Crippen LogP contribution >= 0.6 is 23.2 Å². The highest BCUT2D eigenvalue weighted by atomic mass is 35.5. The maximum Gasteiger partial charge on any atom is 0.0441 e. The zero-order chi connectivity index (χ0) is 14.4. The molecule has 0 heterocycles. The van der Waals surface area contributed by atoms with E-state index >= 15 is 0 Å². The number of hydrogen-bond donors (Lipinski definition) is 1. The summed E-state index contributed by atoms with van der Waals surface area (Å²) in [5.74, 6) is 0.323. The van der Waals surface area contributed by atoms with Crippen molar-refractivity contribution in [3.63, 3.8) is 0 Å². The zero-order valence-corrected chi connectivity index (χ0v) is 13.1. The van der Waals surface area contributed by atoms with E-state index < -0.39 is 0 Å². The van der Waals surface area contributed by atoms with Gasteiger partial charge < -0.3 is 5.32 Å². The Morgan fingerprint density at radius 2 is 1.60 bits per heavy atom. The van der Waals surface area contributed by atoms with Gasteiger partial charge in [-0.15, -0.1) is 0 Å². The van der Waals surface area contributed by atoms with E-state index in [4.69, 9.17) is 23.2 Å². The lowest BCUT2D eigenvalue weighted by Gasteiger charge is -2.20. The first-order chi connectivity index (χ1) is 9.72. The molecule has 0 aliphatic rings. The minimum absolute atomic E-state index is 0.323. The average Bonchev–Trinajstić information content (AvgIpc) is 2.46. The Bertz CT molecular complexity index is 554. The standard InChI is InChI=1S/C17H19Cl2N/c1-2-20-12-14(15-8-4-6-10-17(15)19)11-13-7-3-5-9-16(13)18/h3-10,14,20H,2,11-12H2,1H3. The predicted octanol–water partition coefficient (Wildman–Crippen LogP) is 4.93. The molecule has 106 valence electrons. The maximum absolute atomic E-state index is 6.34. The summed E-state index contributed by atoms with van der Waals surface area (Å²) in [4.78, 5) is 0. The second-order valence-corrected chi connectivity index (χ2v) is 5.64. The van der Waals surface area contributed by atoms with Crippen LogP contribution in [0.4, 0.5) is 0 Å². The topological polar surface area (TPSA) is 12.0 Å². The van der Waals surface area contributed by atoms with Crippen molar-refractivity contribution in [2.75, 3.05) is 13.1 Å². The largest absolute Gasteiger partial charge is 0.316 e. The zero-order valence-electron chi connectivity index (χ0n) is 11.6. The average molecular weight is 308 g/mol. The lowest BCUT2D eigenvalue weighted by Crippen LogP contribution is -2.23. The van der Waals surface area contributed by atoms with E-state index in [1.807, 2.05) is 36.4 Å². The number of rotatable bonds is 6. The molecule has 0 bridgehead atoms. The van der Waals surface area contributed by atoms with Gasteiger partial charge in [-0.1, -0.05) is 66.5 Å². The Balaban J connectivity index is 2.24. The summed E-state index contributed by atoms with van der Waals surface area (Å²) >= 11 is 12.6. The van der Waals surface area contributed by atoms with Crippen LogP contribution in [-0.2, 0) is 6.42 Å². The van der Waals surface area contributed by atoms with E-state index in [9.17, 15) is 0 Å². The molecule has 0 aliphatic carbocycles. The third-order valence-corrected chi connectivity index (χ3v) is 4.12. The quantitative estimate of drug-likeness (QED) is 0.798. The van der Waals surface area contributed by atoms with Crippen molar-refractivity contribution >= 4 is 23.2 Å². The molecule has 2 rings (SSSR count). The number of hydrogen-bond acceptors (Lipinski definition) is 1. The fourth-order valence-electron chi connectivity index (χ4n) is 2.35. The number of likely N-dealkylation sites (N-methyl/N-ethyl adjacent to an activating group) is 1. The van der Waals surface area contributed by atoms with Crippen LogP contribution in [0.1, 0.15) is 24.0 Å². The van der Waals surface area contributed by atoms with Crippen molar-refractivity contribution in [1.82, 2.24) is 5.32 Å². The summed E-state index contributed by atoms with van der Waals surface area (Å²) < 4.78 is 0. The first-order valence-electron chi connectivity index (χ1n) is 6.91. The first kappa shape index (κ1) is 15.4. The van der Waals surface area contributed by atoms with E-state index in [2.05, 4.69) is 24.4 Å². The van der Waals surface area contributed by atoms with Crippen molar-refractivity contribution in [2.24, 2.45) is 0 Å². The number of halogens is 2. The monoisotopic (exact) mass is 307 g/mol. The molecule has 1 atom stereocenters. The highest BCUT2D eigenvalue weighted by Gasteiger charge is 2.16. The summed E-state index contributed by atoms with van der Waals surface area (Å²) in [5.41, 5.74) is 2.34. The highest BCUT2D eigenvalue weighted by molar-refractivity contribution is 6.31. The summed E-state index contributed by atoms with van der Waals surface area (Å²) in [6, 6.07) is 16.0. The van der Waals surface area contributed by atoms with Crippen molar-refractivity contribution < 1.29 is 0 Å². The Kier molecular flexibility index (Phi) is 5.90. The molecule has 0 amide bonds. The van der Waals surface area contributed by atoms with Crippen LogP contribution in [-0.4, -0.2) is 13.1 Å². The van der Waals surface area contributed by atoms with Gasteiger partial charge >= 0.3 is 0 Å². The first-order valence-corrected chi connectivity index (χ1v) is 7.66. The van der Waals surface area contributed by atoms with Gasteiger partial charge in [-0.2, -0.15) is 0 Å². The molecule has 2 aromatic carbocycles. The third-order valence-electron chi connectivity index (χ3n) is 3.41. The molecular weight excluding hydrogens is 289 g/mol. The SMILES string of the molecule is CCNCC(Cc1ccccc1Cl)c1ccccc1Cl. The molecular formula is C17H19Cl2N. The summed E-state index contributed by atoms with van der Waals surface area (Å²) in [7, 11) is 0. The summed E-state index contributed by atoms with van der Waals surface area (Å²) in [6.45, 7) is 3.95. The van der Waals surface area contributed by atoms with E-state index in [1.54, 1.807) is 0 Å².